The molecule has 1 aromatic heterocycles. The Labute approximate surface area is 172 Å². The molecule has 1 aromatic carbocycles. The predicted molar refractivity (Wildman–Crippen MR) is 114 cm³/mol. The maximum absolute atomic E-state index is 6.00. The highest BCUT2D eigenvalue weighted by Crippen LogP contribution is 2.27. The smallest absolute Gasteiger partial charge is 0.213 e. The number of ether oxygens (including phenoxy) is 3. The molecule has 0 unspecified atom stereocenters. The lowest BCUT2D eigenvalue weighted by atomic mass is 10.1. The van der Waals surface area contributed by atoms with Gasteiger partial charge in [-0.3, -0.25) is 0 Å². The summed E-state index contributed by atoms with van der Waals surface area (Å²) >= 11 is 0. The summed E-state index contributed by atoms with van der Waals surface area (Å²) in [6.45, 7) is 1.16. The normalized spacial score (nSPS) is 14.6. The number of benzene rings is 1. The first kappa shape index (κ1) is 20.8. The molecule has 0 atom stereocenters. The third-order valence-corrected chi connectivity index (χ3v) is 4.99. The Balaban J connectivity index is 1.46. The molecule has 0 radical (unpaired) electrons. The molecule has 3 N–H and O–H groups in total. The lowest BCUT2D eigenvalue weighted by molar-refractivity contribution is 0.201. The maximum atomic E-state index is 6.00. The van der Waals surface area contributed by atoms with Crippen LogP contribution in [0.5, 0.6) is 17.4 Å². The van der Waals surface area contributed by atoms with Crippen molar-refractivity contribution in [2.24, 2.45) is 10.7 Å². The Bertz CT molecular complexity index is 819. The molecule has 0 aliphatic heterocycles. The van der Waals surface area contributed by atoms with E-state index < -0.39 is 0 Å². The van der Waals surface area contributed by atoms with Gasteiger partial charge in [0.15, 0.2) is 17.5 Å². The zero-order valence-corrected chi connectivity index (χ0v) is 17.2. The average molecular weight is 399 g/mol. The first-order chi connectivity index (χ1) is 14.2. The molecule has 1 aliphatic rings. The van der Waals surface area contributed by atoms with Crippen molar-refractivity contribution in [3.8, 4) is 17.4 Å². The number of methoxy groups -OCH3 is 2. The van der Waals surface area contributed by atoms with E-state index in [9.17, 15) is 0 Å². The van der Waals surface area contributed by atoms with Crippen LogP contribution in [0.1, 0.15) is 36.8 Å². The van der Waals surface area contributed by atoms with Crippen molar-refractivity contribution < 1.29 is 14.2 Å². The van der Waals surface area contributed by atoms with Crippen LogP contribution in [0.3, 0.4) is 0 Å². The van der Waals surface area contributed by atoms with E-state index in [4.69, 9.17) is 19.9 Å². The van der Waals surface area contributed by atoms with E-state index in [0.717, 1.165) is 41.9 Å². The Morgan fingerprint density at radius 2 is 1.90 bits per heavy atom. The van der Waals surface area contributed by atoms with E-state index in [1.807, 2.05) is 30.3 Å². The zero-order valence-electron chi connectivity index (χ0n) is 17.2. The number of nitrogens with zero attached hydrogens (tertiary/aromatic N) is 2. The van der Waals surface area contributed by atoms with E-state index in [0.29, 0.717) is 31.0 Å². The molecule has 1 saturated carbocycles. The summed E-state index contributed by atoms with van der Waals surface area (Å²) in [6, 6.07) is 9.76. The van der Waals surface area contributed by atoms with Crippen LogP contribution in [0.2, 0.25) is 0 Å². The monoisotopic (exact) mass is 398 g/mol. The van der Waals surface area contributed by atoms with E-state index in [1.54, 1.807) is 20.4 Å². The topological polar surface area (TPSA) is 91.0 Å². The maximum Gasteiger partial charge on any atom is 0.213 e. The minimum atomic E-state index is 0.296. The molecule has 7 nitrogen and oxygen atoms in total. The molecule has 1 heterocycles. The lowest BCUT2D eigenvalue weighted by Gasteiger charge is -2.12. The van der Waals surface area contributed by atoms with E-state index >= 15 is 0 Å². The van der Waals surface area contributed by atoms with Crippen molar-refractivity contribution in [1.82, 2.24) is 10.3 Å². The lowest BCUT2D eigenvalue weighted by Crippen LogP contribution is -2.33. The van der Waals surface area contributed by atoms with Gasteiger partial charge in [-0.1, -0.05) is 6.07 Å². The highest BCUT2D eigenvalue weighted by atomic mass is 16.5. The quantitative estimate of drug-likeness (QED) is 0.498. The van der Waals surface area contributed by atoms with Gasteiger partial charge in [0.2, 0.25) is 5.88 Å². The summed E-state index contributed by atoms with van der Waals surface area (Å²) in [5.74, 6) is 2.53. The van der Waals surface area contributed by atoms with Crippen LogP contribution in [-0.4, -0.2) is 37.8 Å². The molecule has 3 rings (SSSR count). The van der Waals surface area contributed by atoms with Crippen LogP contribution < -0.4 is 25.3 Å². The number of hydrogen-bond acceptors (Lipinski definition) is 5. The number of pyridine rings is 1. The van der Waals surface area contributed by atoms with Gasteiger partial charge in [-0.25, -0.2) is 9.98 Å². The molecule has 1 aliphatic carbocycles. The highest BCUT2D eigenvalue weighted by molar-refractivity contribution is 5.77. The van der Waals surface area contributed by atoms with Crippen LogP contribution in [0, 0.1) is 0 Å². The zero-order chi connectivity index (χ0) is 20.5. The summed E-state index contributed by atoms with van der Waals surface area (Å²) in [7, 11) is 3.26. The standard InChI is InChI=1S/C22H30N4O3/c1-27-19-8-7-16(13-20(19)28-2)9-12-25-22(23)26-15-17-10-11-24-21(14-17)29-18-5-3-4-6-18/h7-8,10-11,13-14,18H,3-6,9,12,15H2,1-2H3,(H3,23,25,26). The molecule has 7 heteroatoms. The number of hydrogen-bond donors (Lipinski definition) is 2. The fourth-order valence-corrected chi connectivity index (χ4v) is 3.39. The molecule has 1 fully saturated rings. The number of aromatic nitrogens is 1. The van der Waals surface area contributed by atoms with Gasteiger partial charge in [-0.05, 0) is 61.4 Å². The summed E-state index contributed by atoms with van der Waals surface area (Å²) in [5.41, 5.74) is 8.16. The van der Waals surface area contributed by atoms with Crippen molar-refractivity contribution in [3.63, 3.8) is 0 Å². The van der Waals surface area contributed by atoms with Crippen LogP contribution in [-0.2, 0) is 13.0 Å². The number of guanidine groups is 1. The molecule has 0 saturated heterocycles. The molecule has 0 amide bonds. The third kappa shape index (κ3) is 6.27. The minimum Gasteiger partial charge on any atom is -0.493 e. The van der Waals surface area contributed by atoms with E-state index in [2.05, 4.69) is 15.3 Å². The molecular formula is C22H30N4O3. The van der Waals surface area contributed by atoms with Crippen molar-refractivity contribution >= 4 is 5.96 Å². The van der Waals surface area contributed by atoms with Crippen molar-refractivity contribution in [1.29, 1.82) is 0 Å². The first-order valence-corrected chi connectivity index (χ1v) is 10.0. The second kappa shape index (κ2) is 10.5. The fraction of sp³-hybridized carbons (Fsp3) is 0.455. The van der Waals surface area contributed by atoms with Crippen LogP contribution in [0.25, 0.3) is 0 Å². The largest absolute Gasteiger partial charge is 0.493 e. The summed E-state index contributed by atoms with van der Waals surface area (Å²) < 4.78 is 16.5. The fourth-order valence-electron chi connectivity index (χ4n) is 3.39. The van der Waals surface area contributed by atoms with Crippen LogP contribution in [0.4, 0.5) is 0 Å². The Morgan fingerprint density at radius 1 is 1.10 bits per heavy atom. The number of nitrogens with one attached hydrogen (secondary N) is 1. The van der Waals surface area contributed by atoms with Gasteiger partial charge in [0.25, 0.3) is 0 Å². The molecule has 156 valence electrons. The molecule has 2 aromatic rings. The Morgan fingerprint density at radius 3 is 2.66 bits per heavy atom. The first-order valence-electron chi connectivity index (χ1n) is 10.0. The number of rotatable bonds is 9. The van der Waals surface area contributed by atoms with Gasteiger partial charge in [0, 0.05) is 18.8 Å². The van der Waals surface area contributed by atoms with Crippen molar-refractivity contribution in [2.45, 2.75) is 44.8 Å². The van der Waals surface area contributed by atoms with Gasteiger partial charge in [0.1, 0.15) is 6.10 Å². The number of nitrogens with two attached hydrogens (primary N) is 1. The SMILES string of the molecule is COc1ccc(CCNC(N)=NCc2ccnc(OC3CCCC3)c2)cc1OC. The third-order valence-electron chi connectivity index (χ3n) is 4.99. The molecule has 0 bridgehead atoms. The highest BCUT2D eigenvalue weighted by Gasteiger charge is 2.17. The predicted octanol–water partition coefficient (Wildman–Crippen LogP) is 3.07. The summed E-state index contributed by atoms with van der Waals surface area (Å²) in [6.07, 6.45) is 7.55. The van der Waals surface area contributed by atoms with Gasteiger partial charge >= 0.3 is 0 Å². The number of aliphatic imine (C=N–C) groups is 1. The van der Waals surface area contributed by atoms with E-state index in [1.165, 1.54) is 12.8 Å². The van der Waals surface area contributed by atoms with Crippen molar-refractivity contribution in [2.75, 3.05) is 20.8 Å². The Hall–Kier alpha value is -2.96. The van der Waals surface area contributed by atoms with Crippen LogP contribution in [0.15, 0.2) is 41.5 Å². The second-order valence-corrected chi connectivity index (χ2v) is 7.09. The Kier molecular flexibility index (Phi) is 7.55. The van der Waals surface area contributed by atoms with Gasteiger partial charge in [-0.15, -0.1) is 0 Å². The van der Waals surface area contributed by atoms with Gasteiger partial charge < -0.3 is 25.3 Å². The van der Waals surface area contributed by atoms with Crippen LogP contribution >= 0.6 is 0 Å². The summed E-state index contributed by atoms with van der Waals surface area (Å²) in [5, 5.41) is 3.15. The van der Waals surface area contributed by atoms with Crippen molar-refractivity contribution in [3.05, 3.63) is 47.7 Å². The average Bonchev–Trinajstić information content (AvgIpc) is 3.25. The molecular weight excluding hydrogens is 368 g/mol. The minimum absolute atomic E-state index is 0.296. The second-order valence-electron chi connectivity index (χ2n) is 7.09. The van der Waals surface area contributed by atoms with Gasteiger partial charge in [-0.2, -0.15) is 0 Å². The van der Waals surface area contributed by atoms with E-state index in [-0.39, 0.29) is 0 Å². The molecule has 0 spiro atoms. The summed E-state index contributed by atoms with van der Waals surface area (Å²) in [4.78, 5) is 8.72. The molecule has 29 heavy (non-hydrogen) atoms. The van der Waals surface area contributed by atoms with Gasteiger partial charge in [0.05, 0.1) is 20.8 Å².